The van der Waals surface area contributed by atoms with Crippen molar-refractivity contribution in [2.45, 2.75) is 32.2 Å². The van der Waals surface area contributed by atoms with Gasteiger partial charge in [0.15, 0.2) is 0 Å². The van der Waals surface area contributed by atoms with Gasteiger partial charge in [0.1, 0.15) is 5.82 Å². The quantitative estimate of drug-likeness (QED) is 0.740. The van der Waals surface area contributed by atoms with Crippen LogP contribution >= 0.6 is 15.9 Å². The highest BCUT2D eigenvalue weighted by Gasteiger charge is 2.10. The van der Waals surface area contributed by atoms with Crippen LogP contribution in [0.15, 0.2) is 22.7 Å². The van der Waals surface area contributed by atoms with Crippen LogP contribution in [0.25, 0.3) is 0 Å². The Balaban J connectivity index is 2.58. The first-order valence-corrected chi connectivity index (χ1v) is 7.13. The molecule has 1 N–H and O–H groups in total. The summed E-state index contributed by atoms with van der Waals surface area (Å²) in [6, 6.07) is 5.29. The fourth-order valence-electron chi connectivity index (χ4n) is 1.99. The molecule has 0 saturated carbocycles. The molecule has 102 valence electrons. The van der Waals surface area contributed by atoms with Gasteiger partial charge in [0, 0.05) is 24.2 Å². The number of ether oxygens (including phenoxy) is 1. The molecule has 0 aliphatic carbocycles. The van der Waals surface area contributed by atoms with Crippen LogP contribution in [0.3, 0.4) is 0 Å². The largest absolute Gasteiger partial charge is 0.385 e. The maximum Gasteiger partial charge on any atom is 0.124 e. The normalized spacial score (nSPS) is 12.7. The van der Waals surface area contributed by atoms with Crippen LogP contribution in [0.4, 0.5) is 4.39 Å². The summed E-state index contributed by atoms with van der Waals surface area (Å²) in [7, 11) is 1.72. The molecule has 0 aromatic heterocycles. The van der Waals surface area contributed by atoms with Gasteiger partial charge in [0.2, 0.25) is 0 Å². The Hall–Kier alpha value is -0.450. The first-order valence-electron chi connectivity index (χ1n) is 6.33. The standard InChI is InChI=1S/C14H21BrFNO/c1-3-17-13(5-4-8-18-2)9-11-6-7-12(16)10-14(11)15/h6-7,10,13,17H,3-5,8-9H2,1-2H3. The molecule has 1 aromatic carbocycles. The van der Waals surface area contributed by atoms with E-state index in [1.165, 1.54) is 12.1 Å². The summed E-state index contributed by atoms with van der Waals surface area (Å²) < 4.78 is 18.9. The fourth-order valence-corrected chi connectivity index (χ4v) is 2.50. The SMILES string of the molecule is CCNC(CCCOC)Cc1ccc(F)cc1Br. The van der Waals surface area contributed by atoms with Crippen LogP contribution in [0.5, 0.6) is 0 Å². The van der Waals surface area contributed by atoms with E-state index in [-0.39, 0.29) is 5.82 Å². The van der Waals surface area contributed by atoms with Gasteiger partial charge in [-0.2, -0.15) is 0 Å². The van der Waals surface area contributed by atoms with E-state index in [2.05, 4.69) is 28.2 Å². The highest BCUT2D eigenvalue weighted by molar-refractivity contribution is 9.10. The third-order valence-electron chi connectivity index (χ3n) is 2.88. The van der Waals surface area contributed by atoms with Gasteiger partial charge in [-0.25, -0.2) is 4.39 Å². The van der Waals surface area contributed by atoms with Crippen molar-refractivity contribution < 1.29 is 9.13 Å². The topological polar surface area (TPSA) is 21.3 Å². The maximum absolute atomic E-state index is 13.0. The number of benzene rings is 1. The number of rotatable bonds is 8. The smallest absolute Gasteiger partial charge is 0.124 e. The summed E-state index contributed by atoms with van der Waals surface area (Å²) in [5.41, 5.74) is 1.14. The lowest BCUT2D eigenvalue weighted by Crippen LogP contribution is -2.31. The predicted octanol–water partition coefficient (Wildman–Crippen LogP) is 3.54. The molecule has 0 spiro atoms. The summed E-state index contributed by atoms with van der Waals surface area (Å²) >= 11 is 3.42. The minimum absolute atomic E-state index is 0.204. The van der Waals surface area contributed by atoms with Crippen LogP contribution in [0, 0.1) is 5.82 Å². The van der Waals surface area contributed by atoms with Crippen LogP contribution in [0.1, 0.15) is 25.3 Å². The molecule has 0 bridgehead atoms. The van der Waals surface area contributed by atoms with E-state index in [1.54, 1.807) is 7.11 Å². The van der Waals surface area contributed by atoms with Gasteiger partial charge in [-0.1, -0.05) is 28.9 Å². The van der Waals surface area contributed by atoms with Gasteiger partial charge in [-0.05, 0) is 43.5 Å². The molecule has 0 radical (unpaired) electrons. The molecule has 4 heteroatoms. The Morgan fingerprint density at radius 2 is 2.22 bits per heavy atom. The van der Waals surface area contributed by atoms with Crippen molar-refractivity contribution in [2.24, 2.45) is 0 Å². The summed E-state index contributed by atoms with van der Waals surface area (Å²) in [5, 5.41) is 3.46. The Kier molecular flexibility index (Phi) is 7.47. The number of halogens is 2. The molecule has 1 aromatic rings. The summed E-state index contributed by atoms with van der Waals surface area (Å²) in [6.45, 7) is 3.83. The third-order valence-corrected chi connectivity index (χ3v) is 3.61. The first-order chi connectivity index (χ1) is 8.67. The molecule has 0 aliphatic rings. The van der Waals surface area contributed by atoms with Crippen LogP contribution in [-0.2, 0) is 11.2 Å². The van der Waals surface area contributed by atoms with Gasteiger partial charge in [-0.3, -0.25) is 0 Å². The minimum Gasteiger partial charge on any atom is -0.385 e. The number of methoxy groups -OCH3 is 1. The third kappa shape index (κ3) is 5.46. The zero-order valence-electron chi connectivity index (χ0n) is 11.0. The molecule has 1 rings (SSSR count). The number of nitrogens with one attached hydrogen (secondary N) is 1. The molecule has 0 aliphatic heterocycles. The van der Waals surface area contributed by atoms with E-state index in [4.69, 9.17) is 4.74 Å². The highest BCUT2D eigenvalue weighted by Crippen LogP contribution is 2.20. The summed E-state index contributed by atoms with van der Waals surface area (Å²) in [4.78, 5) is 0. The van der Waals surface area contributed by atoms with E-state index in [0.29, 0.717) is 6.04 Å². The average molecular weight is 318 g/mol. The summed E-state index contributed by atoms with van der Waals surface area (Å²) in [6.07, 6.45) is 3.00. The average Bonchev–Trinajstić information content (AvgIpc) is 2.33. The second-order valence-corrected chi connectivity index (χ2v) is 5.18. The van der Waals surface area contributed by atoms with E-state index in [9.17, 15) is 4.39 Å². The van der Waals surface area contributed by atoms with Crippen molar-refractivity contribution in [3.05, 3.63) is 34.1 Å². The van der Waals surface area contributed by atoms with Gasteiger partial charge in [0.25, 0.3) is 0 Å². The van der Waals surface area contributed by atoms with Gasteiger partial charge < -0.3 is 10.1 Å². The lowest BCUT2D eigenvalue weighted by Gasteiger charge is -2.18. The Morgan fingerprint density at radius 3 is 2.83 bits per heavy atom. The molecule has 0 amide bonds. The molecule has 1 atom stereocenters. The van der Waals surface area contributed by atoms with Crippen LogP contribution < -0.4 is 5.32 Å². The zero-order valence-corrected chi connectivity index (χ0v) is 12.6. The van der Waals surface area contributed by atoms with Crippen molar-refractivity contribution in [3.8, 4) is 0 Å². The van der Waals surface area contributed by atoms with E-state index < -0.39 is 0 Å². The van der Waals surface area contributed by atoms with Gasteiger partial charge in [-0.15, -0.1) is 0 Å². The Bertz CT molecular complexity index is 360. The van der Waals surface area contributed by atoms with Crippen molar-refractivity contribution in [2.75, 3.05) is 20.3 Å². The first kappa shape index (κ1) is 15.6. The molecular formula is C14H21BrFNO. The lowest BCUT2D eigenvalue weighted by atomic mass is 10.0. The summed E-state index contributed by atoms with van der Waals surface area (Å²) in [5.74, 6) is -0.204. The highest BCUT2D eigenvalue weighted by atomic mass is 79.9. The van der Waals surface area contributed by atoms with Gasteiger partial charge in [0.05, 0.1) is 0 Å². The van der Waals surface area contributed by atoms with Crippen molar-refractivity contribution in [1.82, 2.24) is 5.32 Å². The minimum atomic E-state index is -0.204. The number of hydrogen-bond acceptors (Lipinski definition) is 2. The van der Waals surface area contributed by atoms with Crippen molar-refractivity contribution in [3.63, 3.8) is 0 Å². The number of likely N-dealkylation sites (N-methyl/N-ethyl adjacent to an activating group) is 1. The molecule has 0 fully saturated rings. The Labute approximate surface area is 117 Å². The maximum atomic E-state index is 13.0. The van der Waals surface area contributed by atoms with E-state index >= 15 is 0 Å². The molecule has 1 unspecified atom stereocenters. The predicted molar refractivity (Wildman–Crippen MR) is 76.4 cm³/mol. The van der Waals surface area contributed by atoms with Gasteiger partial charge >= 0.3 is 0 Å². The van der Waals surface area contributed by atoms with E-state index in [0.717, 1.165) is 42.5 Å². The van der Waals surface area contributed by atoms with Crippen LogP contribution in [0.2, 0.25) is 0 Å². The lowest BCUT2D eigenvalue weighted by molar-refractivity contribution is 0.188. The van der Waals surface area contributed by atoms with Crippen LogP contribution in [-0.4, -0.2) is 26.3 Å². The molecule has 0 saturated heterocycles. The van der Waals surface area contributed by atoms with E-state index in [1.807, 2.05) is 6.07 Å². The second-order valence-electron chi connectivity index (χ2n) is 4.33. The molecule has 0 heterocycles. The second kappa shape index (κ2) is 8.62. The van der Waals surface area contributed by atoms with Crippen molar-refractivity contribution in [1.29, 1.82) is 0 Å². The molecule has 2 nitrogen and oxygen atoms in total. The molecular weight excluding hydrogens is 297 g/mol. The number of hydrogen-bond donors (Lipinski definition) is 1. The molecule has 18 heavy (non-hydrogen) atoms. The monoisotopic (exact) mass is 317 g/mol. The fraction of sp³-hybridized carbons (Fsp3) is 0.571. The van der Waals surface area contributed by atoms with Crippen molar-refractivity contribution >= 4 is 15.9 Å². The zero-order chi connectivity index (χ0) is 13.4. The Morgan fingerprint density at radius 1 is 1.44 bits per heavy atom.